The molecule has 0 saturated carbocycles. The van der Waals surface area contributed by atoms with Gasteiger partial charge in [-0.25, -0.2) is 9.78 Å². The minimum atomic E-state index is -1.31. The summed E-state index contributed by atoms with van der Waals surface area (Å²) >= 11 is 0. The Balaban J connectivity index is 1.82. The van der Waals surface area contributed by atoms with E-state index in [2.05, 4.69) is 25.9 Å². The number of aromatic nitrogens is 2. The third kappa shape index (κ3) is 9.44. The van der Waals surface area contributed by atoms with Crippen molar-refractivity contribution in [3.63, 3.8) is 0 Å². The smallest absolute Gasteiger partial charge is 0.326 e. The van der Waals surface area contributed by atoms with Crippen LogP contribution in [0.15, 0.2) is 67.1 Å². The number of amides is 3. The lowest BCUT2D eigenvalue weighted by molar-refractivity contribution is -0.142. The summed E-state index contributed by atoms with van der Waals surface area (Å²) in [5.41, 5.74) is 8.01. The minimum absolute atomic E-state index is 0.0124. The van der Waals surface area contributed by atoms with Gasteiger partial charge in [-0.3, -0.25) is 14.4 Å². The molecule has 0 bridgehead atoms. The van der Waals surface area contributed by atoms with Gasteiger partial charge in [0, 0.05) is 31.2 Å². The van der Waals surface area contributed by atoms with Gasteiger partial charge in [0.1, 0.15) is 23.9 Å². The van der Waals surface area contributed by atoms with E-state index in [1.807, 2.05) is 44.2 Å². The van der Waals surface area contributed by atoms with Crippen LogP contribution in [-0.4, -0.2) is 68.0 Å². The molecule has 1 heterocycles. The van der Waals surface area contributed by atoms with Gasteiger partial charge in [0.2, 0.25) is 17.7 Å². The van der Waals surface area contributed by atoms with Gasteiger partial charge < -0.3 is 36.9 Å². The molecule has 2 aromatic carbocycles. The van der Waals surface area contributed by atoms with Crippen molar-refractivity contribution in [2.75, 3.05) is 0 Å². The molecule has 0 aliphatic carbocycles. The number of nitrogens with two attached hydrogens (primary N) is 1. The fourth-order valence-electron chi connectivity index (χ4n) is 4.28. The molecule has 0 aliphatic heterocycles. The normalized spacial score (nSPS) is 14.5. The van der Waals surface area contributed by atoms with E-state index in [4.69, 9.17) is 5.73 Å². The molecule has 0 radical (unpaired) electrons. The number of benzene rings is 2. The molecular formula is C30H38N6O6. The topological polar surface area (TPSA) is 200 Å². The Morgan fingerprint density at radius 1 is 0.833 bits per heavy atom. The molecule has 3 aromatic rings. The number of phenolic OH excluding ortho intramolecular Hbond substituents is 1. The van der Waals surface area contributed by atoms with E-state index in [9.17, 15) is 29.4 Å². The minimum Gasteiger partial charge on any atom is -0.508 e. The largest absolute Gasteiger partial charge is 0.508 e. The summed E-state index contributed by atoms with van der Waals surface area (Å²) in [5, 5.41) is 27.3. The molecule has 0 spiro atoms. The third-order valence-electron chi connectivity index (χ3n) is 7.08. The maximum atomic E-state index is 13.6. The highest BCUT2D eigenvalue weighted by molar-refractivity contribution is 5.94. The third-order valence-corrected chi connectivity index (χ3v) is 7.08. The number of imidazole rings is 1. The predicted octanol–water partition coefficient (Wildman–Crippen LogP) is 1.06. The lowest BCUT2D eigenvalue weighted by atomic mass is 9.98. The van der Waals surface area contributed by atoms with Crippen molar-refractivity contribution in [1.29, 1.82) is 0 Å². The molecule has 42 heavy (non-hydrogen) atoms. The SMILES string of the molecule is CCC(C)C(N)C(=O)NC(Cc1ccccc1)C(=O)NC(Cc1cnc[nH]1)C(=O)NC(Cc1ccc(O)cc1)C(=O)O. The number of phenols is 1. The monoisotopic (exact) mass is 578 g/mol. The standard InChI is InChI=1S/C30H38N6O6/c1-3-18(2)26(31)29(40)35-23(13-19-7-5-4-6-8-19)27(38)34-24(15-21-16-32-17-33-21)28(39)36-25(30(41)42)14-20-9-11-22(37)12-10-20/h4-12,16-18,23-26,37H,3,13-15,31H2,1-2H3,(H,32,33)(H,34,38)(H,35,40)(H,36,39)(H,41,42). The number of aromatic amines is 1. The molecule has 224 valence electrons. The van der Waals surface area contributed by atoms with Gasteiger partial charge in [-0.1, -0.05) is 62.7 Å². The summed E-state index contributed by atoms with van der Waals surface area (Å²) in [5.74, 6) is -3.21. The molecule has 12 heteroatoms. The zero-order valence-corrected chi connectivity index (χ0v) is 23.6. The maximum absolute atomic E-state index is 13.6. The second-order valence-corrected chi connectivity index (χ2v) is 10.3. The van der Waals surface area contributed by atoms with Crippen LogP contribution >= 0.6 is 0 Å². The summed E-state index contributed by atoms with van der Waals surface area (Å²) in [6.45, 7) is 3.76. The molecular weight excluding hydrogens is 540 g/mol. The first kappa shape index (κ1) is 31.8. The van der Waals surface area contributed by atoms with Crippen molar-refractivity contribution in [1.82, 2.24) is 25.9 Å². The molecule has 8 N–H and O–H groups in total. The van der Waals surface area contributed by atoms with Crippen molar-refractivity contribution in [2.45, 2.75) is 63.7 Å². The Hall–Kier alpha value is -4.71. The molecule has 5 unspecified atom stereocenters. The highest BCUT2D eigenvalue weighted by Gasteiger charge is 2.31. The molecule has 1 aromatic heterocycles. The van der Waals surface area contributed by atoms with Crippen LogP contribution in [0, 0.1) is 5.92 Å². The van der Waals surface area contributed by atoms with Gasteiger partial charge in [0.25, 0.3) is 0 Å². The summed E-state index contributed by atoms with van der Waals surface area (Å²) < 4.78 is 0. The molecule has 0 fully saturated rings. The molecule has 0 aliphatic rings. The molecule has 5 atom stereocenters. The number of hydrogen-bond donors (Lipinski definition) is 7. The quantitative estimate of drug-likeness (QED) is 0.139. The van der Waals surface area contributed by atoms with Crippen LogP contribution in [0.25, 0.3) is 0 Å². The van der Waals surface area contributed by atoms with Crippen LogP contribution in [0.3, 0.4) is 0 Å². The Labute approximate surface area is 244 Å². The lowest BCUT2D eigenvalue weighted by Crippen LogP contribution is -2.58. The fourth-order valence-corrected chi connectivity index (χ4v) is 4.28. The van der Waals surface area contributed by atoms with E-state index in [1.165, 1.54) is 24.7 Å². The lowest BCUT2D eigenvalue weighted by Gasteiger charge is -2.26. The first-order valence-corrected chi connectivity index (χ1v) is 13.8. The number of carboxylic acids is 1. The molecule has 12 nitrogen and oxygen atoms in total. The summed E-state index contributed by atoms with van der Waals surface area (Å²) in [6.07, 6.45) is 3.67. The zero-order valence-electron chi connectivity index (χ0n) is 23.6. The first-order chi connectivity index (χ1) is 20.1. The van der Waals surface area contributed by atoms with Crippen LogP contribution in [0.4, 0.5) is 0 Å². The summed E-state index contributed by atoms with van der Waals surface area (Å²) in [6, 6.07) is 10.7. The van der Waals surface area contributed by atoms with Gasteiger partial charge in [0.05, 0.1) is 12.4 Å². The Bertz CT molecular complexity index is 1320. The van der Waals surface area contributed by atoms with Crippen molar-refractivity contribution in [2.24, 2.45) is 11.7 Å². The second-order valence-electron chi connectivity index (χ2n) is 10.3. The van der Waals surface area contributed by atoms with Gasteiger partial charge in [0.15, 0.2) is 0 Å². The average Bonchev–Trinajstić information content (AvgIpc) is 3.50. The van der Waals surface area contributed by atoms with E-state index in [1.54, 1.807) is 12.1 Å². The highest BCUT2D eigenvalue weighted by atomic mass is 16.4. The number of nitrogens with zero attached hydrogens (tertiary/aromatic N) is 1. The number of aromatic hydroxyl groups is 1. The number of carbonyl (C=O) groups is 4. The number of H-pyrrole nitrogens is 1. The Morgan fingerprint density at radius 3 is 1.95 bits per heavy atom. The van der Waals surface area contributed by atoms with Crippen LogP contribution in [0.2, 0.25) is 0 Å². The number of nitrogens with one attached hydrogen (secondary N) is 4. The van der Waals surface area contributed by atoms with Crippen molar-refractivity contribution in [3.05, 3.63) is 83.9 Å². The van der Waals surface area contributed by atoms with Crippen LogP contribution in [0.5, 0.6) is 5.75 Å². The molecule has 3 amide bonds. The second kappa shape index (κ2) is 15.3. The van der Waals surface area contributed by atoms with Gasteiger partial charge in [-0.05, 0) is 29.2 Å². The van der Waals surface area contributed by atoms with Crippen LogP contribution in [-0.2, 0) is 38.4 Å². The van der Waals surface area contributed by atoms with Crippen molar-refractivity contribution >= 4 is 23.7 Å². The number of hydrogen-bond acceptors (Lipinski definition) is 7. The van der Waals surface area contributed by atoms with Crippen LogP contribution < -0.4 is 21.7 Å². The maximum Gasteiger partial charge on any atom is 0.326 e. The molecule has 0 saturated heterocycles. The van der Waals surface area contributed by atoms with Crippen molar-refractivity contribution in [3.8, 4) is 5.75 Å². The number of aliphatic carboxylic acids is 1. The summed E-state index contributed by atoms with van der Waals surface area (Å²) in [7, 11) is 0. The number of rotatable bonds is 15. The molecule has 3 rings (SSSR count). The summed E-state index contributed by atoms with van der Waals surface area (Å²) in [4.78, 5) is 58.9. The van der Waals surface area contributed by atoms with E-state index >= 15 is 0 Å². The van der Waals surface area contributed by atoms with E-state index in [0.29, 0.717) is 17.7 Å². The van der Waals surface area contributed by atoms with E-state index in [0.717, 1.165) is 5.56 Å². The Kier molecular flexibility index (Phi) is 11.6. The van der Waals surface area contributed by atoms with Crippen LogP contribution in [0.1, 0.15) is 37.1 Å². The highest BCUT2D eigenvalue weighted by Crippen LogP contribution is 2.13. The number of carbonyl (C=O) groups excluding carboxylic acids is 3. The van der Waals surface area contributed by atoms with Crippen molar-refractivity contribution < 1.29 is 29.4 Å². The van der Waals surface area contributed by atoms with E-state index in [-0.39, 0.29) is 30.9 Å². The fraction of sp³-hybridized carbons (Fsp3) is 0.367. The zero-order chi connectivity index (χ0) is 30.6. The predicted molar refractivity (Wildman–Crippen MR) is 155 cm³/mol. The van der Waals surface area contributed by atoms with Gasteiger partial charge >= 0.3 is 5.97 Å². The number of carboxylic acid groups (broad SMARTS) is 1. The average molecular weight is 579 g/mol. The first-order valence-electron chi connectivity index (χ1n) is 13.8. The van der Waals surface area contributed by atoms with Gasteiger partial charge in [-0.2, -0.15) is 0 Å². The van der Waals surface area contributed by atoms with E-state index < -0.39 is 47.9 Å². The Morgan fingerprint density at radius 2 is 1.38 bits per heavy atom. The van der Waals surface area contributed by atoms with Gasteiger partial charge in [-0.15, -0.1) is 0 Å².